The van der Waals surface area contributed by atoms with Crippen LogP contribution in [0.15, 0.2) is 231 Å². The monoisotopic (exact) mass is 846 g/mol. The highest BCUT2D eigenvalue weighted by Gasteiger charge is 2.43. The summed E-state index contributed by atoms with van der Waals surface area (Å²) in [7, 11) is 0. The van der Waals surface area contributed by atoms with Gasteiger partial charge in [-0.2, -0.15) is 0 Å². The molecule has 66 heavy (non-hydrogen) atoms. The van der Waals surface area contributed by atoms with Crippen LogP contribution in [-0.2, 0) is 10.8 Å². The smallest absolute Gasteiger partial charge is 0.0529 e. The number of fused-ring (bicyclic) bond motifs is 5. The van der Waals surface area contributed by atoms with Crippen LogP contribution in [0.1, 0.15) is 49.9 Å². The molecule has 10 aromatic rings. The van der Waals surface area contributed by atoms with E-state index >= 15 is 0 Å². The van der Waals surface area contributed by atoms with E-state index in [-0.39, 0.29) is 10.8 Å². The van der Waals surface area contributed by atoms with E-state index < -0.39 is 0 Å². The standard InChI is InChI=1S/C64H50N2/c1-63(2)57-30-18-24-47-23-17-29-53(61(47)57)54-41-59-55(42-58(54)63)56-39-52(65(48-25-13-7-14-26-48)50-35-31-45(32-36-50)43-19-9-5-10-20-43)40-60(62(56)64(59,3)4)66(49-27-15-8-16-28-49)51-37-33-46(34-38-51)44-21-11-6-12-22-44/h5-42H,1-4H3. The second kappa shape index (κ2) is 15.4. The third-order valence-electron chi connectivity index (χ3n) is 14.4. The van der Waals surface area contributed by atoms with Crippen LogP contribution in [0.25, 0.3) is 55.3 Å². The fourth-order valence-electron chi connectivity index (χ4n) is 11.1. The van der Waals surface area contributed by atoms with Gasteiger partial charge in [-0.05, 0) is 150 Å². The van der Waals surface area contributed by atoms with Crippen LogP contribution in [0.5, 0.6) is 0 Å². The molecule has 0 heterocycles. The minimum atomic E-state index is -0.353. The van der Waals surface area contributed by atoms with E-state index in [0.29, 0.717) is 0 Å². The molecule has 0 aliphatic heterocycles. The molecule has 316 valence electrons. The Morgan fingerprint density at radius 3 is 1.29 bits per heavy atom. The first-order chi connectivity index (χ1) is 32.3. The van der Waals surface area contributed by atoms with Crippen molar-refractivity contribution in [3.05, 3.63) is 253 Å². The van der Waals surface area contributed by atoms with E-state index in [1.54, 1.807) is 0 Å². The van der Waals surface area contributed by atoms with Crippen LogP contribution in [0, 0.1) is 0 Å². The van der Waals surface area contributed by atoms with Gasteiger partial charge in [-0.1, -0.05) is 185 Å². The minimum Gasteiger partial charge on any atom is -0.310 e. The molecule has 0 bridgehead atoms. The van der Waals surface area contributed by atoms with Crippen molar-refractivity contribution in [2.24, 2.45) is 0 Å². The lowest BCUT2D eigenvalue weighted by Gasteiger charge is -2.36. The Hall–Kier alpha value is -7.94. The van der Waals surface area contributed by atoms with E-state index in [9.17, 15) is 0 Å². The molecule has 0 spiro atoms. The Balaban J connectivity index is 1.13. The van der Waals surface area contributed by atoms with Gasteiger partial charge in [0, 0.05) is 39.3 Å². The van der Waals surface area contributed by atoms with Gasteiger partial charge in [0.25, 0.3) is 0 Å². The zero-order chi connectivity index (χ0) is 44.6. The summed E-state index contributed by atoms with van der Waals surface area (Å²) < 4.78 is 0. The second-order valence-corrected chi connectivity index (χ2v) is 19.0. The third kappa shape index (κ3) is 6.31. The lowest BCUT2D eigenvalue weighted by atomic mass is 9.67. The predicted octanol–water partition coefficient (Wildman–Crippen LogP) is 17.7. The van der Waals surface area contributed by atoms with Crippen molar-refractivity contribution in [2.75, 3.05) is 9.80 Å². The molecule has 2 nitrogen and oxygen atoms in total. The molecule has 2 heteroatoms. The maximum Gasteiger partial charge on any atom is 0.0529 e. The van der Waals surface area contributed by atoms with Crippen LogP contribution in [0.4, 0.5) is 34.1 Å². The minimum absolute atomic E-state index is 0.210. The first-order valence-corrected chi connectivity index (χ1v) is 23.2. The predicted molar refractivity (Wildman–Crippen MR) is 279 cm³/mol. The van der Waals surface area contributed by atoms with Crippen molar-refractivity contribution >= 4 is 44.9 Å². The van der Waals surface area contributed by atoms with Gasteiger partial charge in [0.05, 0.1) is 5.69 Å². The van der Waals surface area contributed by atoms with Crippen molar-refractivity contribution in [3.8, 4) is 44.5 Å². The number of anilines is 6. The highest BCUT2D eigenvalue weighted by atomic mass is 15.2. The average Bonchev–Trinajstić information content (AvgIpc) is 3.59. The lowest BCUT2D eigenvalue weighted by molar-refractivity contribution is 0.639. The van der Waals surface area contributed by atoms with Crippen molar-refractivity contribution in [1.29, 1.82) is 0 Å². The highest BCUT2D eigenvalue weighted by molar-refractivity contribution is 6.05. The van der Waals surface area contributed by atoms with Crippen LogP contribution in [0.3, 0.4) is 0 Å². The summed E-state index contributed by atoms with van der Waals surface area (Å²) in [5, 5.41) is 2.67. The number of hydrogen-bond acceptors (Lipinski definition) is 2. The molecule has 0 radical (unpaired) electrons. The molecule has 0 atom stereocenters. The second-order valence-electron chi connectivity index (χ2n) is 19.0. The molecule has 0 saturated heterocycles. The van der Waals surface area contributed by atoms with Crippen molar-refractivity contribution in [1.82, 2.24) is 0 Å². The van der Waals surface area contributed by atoms with E-state index in [0.717, 1.165) is 34.1 Å². The van der Waals surface area contributed by atoms with Crippen LogP contribution in [0.2, 0.25) is 0 Å². The van der Waals surface area contributed by atoms with Gasteiger partial charge in [-0.15, -0.1) is 0 Å². The molecule has 0 aromatic heterocycles. The number of benzene rings is 10. The Bertz CT molecular complexity index is 3420. The summed E-state index contributed by atoms with van der Waals surface area (Å²) in [6.07, 6.45) is 0. The molecule has 2 aliphatic rings. The summed E-state index contributed by atoms with van der Waals surface area (Å²) in [5.41, 5.74) is 21.6. The van der Waals surface area contributed by atoms with Gasteiger partial charge in [0.1, 0.15) is 0 Å². The fraction of sp³-hybridized carbons (Fsp3) is 0.0938. The number of hydrogen-bond donors (Lipinski definition) is 0. The van der Waals surface area contributed by atoms with E-state index in [1.165, 1.54) is 77.5 Å². The van der Waals surface area contributed by atoms with Gasteiger partial charge in [-0.3, -0.25) is 0 Å². The van der Waals surface area contributed by atoms with Crippen LogP contribution < -0.4 is 9.80 Å². The van der Waals surface area contributed by atoms with Gasteiger partial charge in [0.15, 0.2) is 0 Å². The van der Waals surface area contributed by atoms with Gasteiger partial charge < -0.3 is 9.80 Å². The zero-order valence-electron chi connectivity index (χ0n) is 37.8. The fourth-order valence-corrected chi connectivity index (χ4v) is 11.1. The summed E-state index contributed by atoms with van der Waals surface area (Å²) in [4.78, 5) is 4.93. The topological polar surface area (TPSA) is 6.48 Å². The SMILES string of the molecule is CC1(C)c2cc3c(cc2-c2cc(N(c4ccccc4)c4ccc(-c5ccccc5)cc4)cc(N(c4ccccc4)c4ccc(-c5ccccc5)cc4)c21)C(C)(C)c1cccc2cccc-3c12. The molecule has 2 aliphatic carbocycles. The maximum absolute atomic E-state index is 2.56. The van der Waals surface area contributed by atoms with Gasteiger partial charge in [0.2, 0.25) is 0 Å². The molecule has 0 N–H and O–H groups in total. The van der Waals surface area contributed by atoms with E-state index in [4.69, 9.17) is 0 Å². The Morgan fingerprint density at radius 1 is 0.288 bits per heavy atom. The number of nitrogens with zero attached hydrogens (tertiary/aromatic N) is 2. The molecule has 10 aromatic carbocycles. The van der Waals surface area contributed by atoms with Crippen molar-refractivity contribution in [3.63, 3.8) is 0 Å². The normalized spacial score (nSPS) is 13.7. The first-order valence-electron chi connectivity index (χ1n) is 23.2. The molecule has 0 unspecified atom stereocenters. The molecule has 0 fully saturated rings. The molecular formula is C64H50N2. The molecule has 12 rings (SSSR count). The Labute approximate surface area is 388 Å². The Morgan fingerprint density at radius 2 is 0.727 bits per heavy atom. The third-order valence-corrected chi connectivity index (χ3v) is 14.4. The van der Waals surface area contributed by atoms with Gasteiger partial charge >= 0.3 is 0 Å². The first kappa shape index (κ1) is 39.6. The highest BCUT2D eigenvalue weighted by Crippen LogP contribution is 2.60. The van der Waals surface area contributed by atoms with Gasteiger partial charge in [-0.25, -0.2) is 0 Å². The van der Waals surface area contributed by atoms with Crippen LogP contribution in [-0.4, -0.2) is 0 Å². The number of para-hydroxylation sites is 2. The van der Waals surface area contributed by atoms with E-state index in [1.807, 2.05) is 0 Å². The molecule has 0 amide bonds. The lowest BCUT2D eigenvalue weighted by Crippen LogP contribution is -2.25. The summed E-state index contributed by atoms with van der Waals surface area (Å²) in [6.45, 7) is 9.71. The zero-order valence-corrected chi connectivity index (χ0v) is 37.8. The number of rotatable bonds is 8. The summed E-state index contributed by atoms with van der Waals surface area (Å²) in [6, 6.07) is 85.0. The largest absolute Gasteiger partial charge is 0.310 e. The molecular weight excluding hydrogens is 797 g/mol. The Kier molecular flexibility index (Phi) is 9.22. The molecule has 0 saturated carbocycles. The van der Waals surface area contributed by atoms with E-state index in [2.05, 4.69) is 268 Å². The van der Waals surface area contributed by atoms with Crippen molar-refractivity contribution in [2.45, 2.75) is 38.5 Å². The summed E-state index contributed by atoms with van der Waals surface area (Å²) in [5.74, 6) is 0. The maximum atomic E-state index is 2.56. The summed E-state index contributed by atoms with van der Waals surface area (Å²) >= 11 is 0. The van der Waals surface area contributed by atoms with Crippen LogP contribution >= 0.6 is 0 Å². The quantitative estimate of drug-likeness (QED) is 0.150. The average molecular weight is 847 g/mol. The van der Waals surface area contributed by atoms with Crippen molar-refractivity contribution < 1.29 is 0 Å².